The van der Waals surface area contributed by atoms with Gasteiger partial charge in [-0.15, -0.1) is 11.3 Å². The number of rotatable bonds is 4. The molecule has 0 saturated carbocycles. The zero-order valence-electron chi connectivity index (χ0n) is 9.90. The average Bonchev–Trinajstić information content (AvgIpc) is 2.72. The maximum absolute atomic E-state index is 4.58. The van der Waals surface area contributed by atoms with Crippen molar-refractivity contribution in [2.45, 2.75) is 19.9 Å². The highest BCUT2D eigenvalue weighted by Crippen LogP contribution is 2.26. The summed E-state index contributed by atoms with van der Waals surface area (Å²) in [6, 6.07) is 8.57. The van der Waals surface area contributed by atoms with Gasteiger partial charge in [-0.1, -0.05) is 35.0 Å². The molecule has 2 nitrogen and oxygen atoms in total. The number of aryl methyl sites for hydroxylation is 1. The van der Waals surface area contributed by atoms with E-state index in [4.69, 9.17) is 0 Å². The fourth-order valence-electron chi connectivity index (χ4n) is 1.74. The quantitative estimate of drug-likeness (QED) is 0.926. The lowest BCUT2D eigenvalue weighted by Gasteiger charge is -2.16. The second kappa shape index (κ2) is 5.76. The van der Waals surface area contributed by atoms with E-state index >= 15 is 0 Å². The molecule has 1 aromatic carbocycles. The number of nitrogens with one attached hydrogen (secondary N) is 1. The molecule has 4 heteroatoms. The van der Waals surface area contributed by atoms with E-state index in [0.717, 1.165) is 21.7 Å². The Balaban J connectivity index is 2.35. The third-order valence-corrected chi connectivity index (χ3v) is 3.99. The summed E-state index contributed by atoms with van der Waals surface area (Å²) in [6.07, 6.45) is 0. The van der Waals surface area contributed by atoms with E-state index in [-0.39, 0.29) is 6.04 Å². The summed E-state index contributed by atoms with van der Waals surface area (Å²) in [7, 11) is 0. The lowest BCUT2D eigenvalue weighted by atomic mass is 10.1. The van der Waals surface area contributed by atoms with Crippen LogP contribution in [0.5, 0.6) is 0 Å². The third kappa shape index (κ3) is 3.15. The molecular formula is C13H15BrN2S. The number of halogens is 1. The minimum absolute atomic E-state index is 0.191. The second-order valence-electron chi connectivity index (χ2n) is 3.87. The predicted molar refractivity (Wildman–Crippen MR) is 76.5 cm³/mol. The maximum Gasteiger partial charge on any atom is 0.114 e. The van der Waals surface area contributed by atoms with Gasteiger partial charge in [-0.25, -0.2) is 4.98 Å². The first-order valence-electron chi connectivity index (χ1n) is 5.61. The van der Waals surface area contributed by atoms with Crippen LogP contribution in [0.2, 0.25) is 0 Å². The molecule has 1 heterocycles. The van der Waals surface area contributed by atoms with Crippen LogP contribution in [0.1, 0.15) is 29.2 Å². The molecule has 0 fully saturated rings. The summed E-state index contributed by atoms with van der Waals surface area (Å²) >= 11 is 5.22. The Hall–Kier alpha value is -0.710. The first-order valence-corrected chi connectivity index (χ1v) is 7.29. The van der Waals surface area contributed by atoms with Crippen molar-refractivity contribution in [3.05, 3.63) is 50.4 Å². The number of thiazole rings is 1. The van der Waals surface area contributed by atoms with Gasteiger partial charge in [-0.3, -0.25) is 0 Å². The summed E-state index contributed by atoms with van der Waals surface area (Å²) < 4.78 is 1.10. The van der Waals surface area contributed by atoms with Gasteiger partial charge in [0.25, 0.3) is 0 Å². The van der Waals surface area contributed by atoms with Crippen LogP contribution in [0.4, 0.5) is 0 Å². The van der Waals surface area contributed by atoms with Gasteiger partial charge in [0.05, 0.1) is 6.04 Å². The van der Waals surface area contributed by atoms with Crippen molar-refractivity contribution in [1.82, 2.24) is 10.3 Å². The van der Waals surface area contributed by atoms with E-state index in [1.165, 1.54) is 5.56 Å². The largest absolute Gasteiger partial charge is 0.305 e. The molecule has 17 heavy (non-hydrogen) atoms. The fraction of sp³-hybridized carbons (Fsp3) is 0.308. The molecule has 1 unspecified atom stereocenters. The number of hydrogen-bond donors (Lipinski definition) is 1. The van der Waals surface area contributed by atoms with Gasteiger partial charge < -0.3 is 5.32 Å². The molecule has 0 amide bonds. The highest BCUT2D eigenvalue weighted by atomic mass is 79.9. The summed E-state index contributed by atoms with van der Waals surface area (Å²) in [5, 5.41) is 6.70. The van der Waals surface area contributed by atoms with Crippen LogP contribution in [0, 0.1) is 6.92 Å². The topological polar surface area (TPSA) is 24.9 Å². The van der Waals surface area contributed by atoms with Crippen molar-refractivity contribution < 1.29 is 0 Å². The van der Waals surface area contributed by atoms with E-state index in [9.17, 15) is 0 Å². The Morgan fingerprint density at radius 3 is 2.88 bits per heavy atom. The number of benzene rings is 1. The molecule has 90 valence electrons. The van der Waals surface area contributed by atoms with Crippen LogP contribution in [-0.4, -0.2) is 11.5 Å². The molecule has 1 atom stereocenters. The van der Waals surface area contributed by atoms with E-state index in [0.29, 0.717) is 0 Å². The van der Waals surface area contributed by atoms with E-state index in [1.54, 1.807) is 11.3 Å². The lowest BCUT2D eigenvalue weighted by molar-refractivity contribution is 0.626. The summed E-state index contributed by atoms with van der Waals surface area (Å²) in [5.41, 5.74) is 2.33. The van der Waals surface area contributed by atoms with Gasteiger partial charge in [0.15, 0.2) is 0 Å². The van der Waals surface area contributed by atoms with E-state index < -0.39 is 0 Å². The molecule has 0 aliphatic rings. The molecule has 0 bridgehead atoms. The van der Waals surface area contributed by atoms with Gasteiger partial charge in [0, 0.05) is 15.5 Å². The highest BCUT2D eigenvalue weighted by Gasteiger charge is 2.16. The Kier molecular flexibility index (Phi) is 4.31. The van der Waals surface area contributed by atoms with Crippen LogP contribution in [0.15, 0.2) is 34.1 Å². The minimum Gasteiger partial charge on any atom is -0.305 e. The molecule has 1 N–H and O–H groups in total. The number of hydrogen-bond acceptors (Lipinski definition) is 3. The molecule has 0 aliphatic carbocycles. The summed E-state index contributed by atoms with van der Waals surface area (Å²) in [6.45, 7) is 5.07. The first-order chi connectivity index (χ1) is 8.20. The van der Waals surface area contributed by atoms with Crippen LogP contribution in [0.3, 0.4) is 0 Å². The van der Waals surface area contributed by atoms with Gasteiger partial charge in [0.2, 0.25) is 0 Å². The second-order valence-corrected chi connectivity index (χ2v) is 5.68. The van der Waals surface area contributed by atoms with Crippen molar-refractivity contribution in [1.29, 1.82) is 0 Å². The van der Waals surface area contributed by atoms with Crippen LogP contribution in [0.25, 0.3) is 0 Å². The summed E-state index contributed by atoms with van der Waals surface area (Å²) in [5.74, 6) is 0. The maximum atomic E-state index is 4.58. The van der Waals surface area contributed by atoms with E-state index in [1.807, 2.05) is 13.0 Å². The minimum atomic E-state index is 0.191. The summed E-state index contributed by atoms with van der Waals surface area (Å²) in [4.78, 5) is 4.58. The van der Waals surface area contributed by atoms with Crippen LogP contribution in [-0.2, 0) is 0 Å². The standard InChI is InChI=1S/C13H15BrN2S/c1-3-15-12(13-16-9(2)8-17-13)10-5-4-6-11(14)7-10/h4-8,12,15H,3H2,1-2H3. The Morgan fingerprint density at radius 2 is 2.29 bits per heavy atom. The monoisotopic (exact) mass is 310 g/mol. The zero-order valence-corrected chi connectivity index (χ0v) is 12.3. The molecular weight excluding hydrogens is 296 g/mol. The Labute approximate surface area is 114 Å². The third-order valence-electron chi connectivity index (χ3n) is 2.47. The van der Waals surface area contributed by atoms with Gasteiger partial charge in [-0.05, 0) is 31.2 Å². The van der Waals surface area contributed by atoms with Crippen molar-refractivity contribution in [3.8, 4) is 0 Å². The molecule has 0 spiro atoms. The predicted octanol–water partition coefficient (Wildman–Crippen LogP) is 3.91. The van der Waals surface area contributed by atoms with E-state index in [2.05, 4.69) is 56.7 Å². The van der Waals surface area contributed by atoms with Crippen LogP contribution >= 0.6 is 27.3 Å². The zero-order chi connectivity index (χ0) is 12.3. The first kappa shape index (κ1) is 12.7. The van der Waals surface area contributed by atoms with Crippen molar-refractivity contribution in [2.75, 3.05) is 6.54 Å². The SMILES string of the molecule is CCNC(c1cccc(Br)c1)c1nc(C)cs1. The smallest absolute Gasteiger partial charge is 0.114 e. The normalized spacial score (nSPS) is 12.6. The number of nitrogens with zero attached hydrogens (tertiary/aromatic N) is 1. The van der Waals surface area contributed by atoms with Crippen molar-refractivity contribution in [2.24, 2.45) is 0 Å². The lowest BCUT2D eigenvalue weighted by Crippen LogP contribution is -2.21. The van der Waals surface area contributed by atoms with Crippen molar-refractivity contribution >= 4 is 27.3 Å². The average molecular weight is 311 g/mol. The van der Waals surface area contributed by atoms with Crippen LogP contribution < -0.4 is 5.32 Å². The molecule has 2 rings (SSSR count). The molecule has 0 radical (unpaired) electrons. The van der Waals surface area contributed by atoms with Gasteiger partial charge >= 0.3 is 0 Å². The van der Waals surface area contributed by atoms with Gasteiger partial charge in [-0.2, -0.15) is 0 Å². The van der Waals surface area contributed by atoms with Crippen molar-refractivity contribution in [3.63, 3.8) is 0 Å². The Morgan fingerprint density at radius 1 is 1.47 bits per heavy atom. The molecule has 0 saturated heterocycles. The fourth-order valence-corrected chi connectivity index (χ4v) is 3.06. The number of aromatic nitrogens is 1. The molecule has 0 aliphatic heterocycles. The Bertz CT molecular complexity index is 496. The molecule has 1 aromatic heterocycles. The molecule has 2 aromatic rings. The van der Waals surface area contributed by atoms with Gasteiger partial charge in [0.1, 0.15) is 5.01 Å². The highest BCUT2D eigenvalue weighted by molar-refractivity contribution is 9.10.